The third kappa shape index (κ3) is 2.53. The molecular weight excluding hydrogens is 226 g/mol. The predicted molar refractivity (Wildman–Crippen MR) is 70.4 cm³/mol. The summed E-state index contributed by atoms with van der Waals surface area (Å²) in [5.41, 5.74) is 8.91. The van der Waals surface area contributed by atoms with Crippen molar-refractivity contribution in [1.82, 2.24) is 9.97 Å². The average Bonchev–Trinajstić information content (AvgIpc) is 2.32. The largest absolute Gasteiger partial charge is 0.383 e. The van der Waals surface area contributed by atoms with Crippen LogP contribution in [0.2, 0.25) is 0 Å². The van der Waals surface area contributed by atoms with Gasteiger partial charge in [0.05, 0.1) is 0 Å². The van der Waals surface area contributed by atoms with Crippen molar-refractivity contribution in [1.29, 1.82) is 0 Å². The fourth-order valence-corrected chi connectivity index (χ4v) is 1.86. The number of pyridine rings is 2. The van der Waals surface area contributed by atoms with Gasteiger partial charge < -0.3 is 5.73 Å². The molecule has 0 atom stereocenters. The Morgan fingerprint density at radius 1 is 1.33 bits per heavy atom. The first-order valence-electron chi connectivity index (χ1n) is 5.73. The number of Topliss-reactive ketones (excluding diaryl/α,β-unsaturated/α-hetero) is 1. The molecule has 2 heterocycles. The zero-order valence-electron chi connectivity index (χ0n) is 10.5. The molecule has 0 saturated heterocycles. The topological polar surface area (TPSA) is 68.9 Å². The summed E-state index contributed by atoms with van der Waals surface area (Å²) < 4.78 is 0. The molecule has 0 saturated carbocycles. The third-order valence-electron chi connectivity index (χ3n) is 2.76. The maximum atomic E-state index is 12.2. The Morgan fingerprint density at radius 2 is 2.11 bits per heavy atom. The van der Waals surface area contributed by atoms with Crippen LogP contribution in [-0.2, 0) is 6.42 Å². The summed E-state index contributed by atoms with van der Waals surface area (Å²) in [4.78, 5) is 20.3. The fraction of sp³-hybridized carbons (Fsp3) is 0.214. The summed E-state index contributed by atoms with van der Waals surface area (Å²) in [6.07, 6.45) is 3.54. The smallest absolute Gasteiger partial charge is 0.185 e. The van der Waals surface area contributed by atoms with Crippen molar-refractivity contribution in [3.8, 4) is 0 Å². The molecule has 4 nitrogen and oxygen atoms in total. The van der Waals surface area contributed by atoms with Crippen molar-refractivity contribution in [2.75, 3.05) is 5.73 Å². The number of anilines is 1. The number of carbonyl (C=O) groups is 1. The van der Waals surface area contributed by atoms with Crippen LogP contribution in [0.4, 0.5) is 5.82 Å². The van der Waals surface area contributed by atoms with Crippen LogP contribution >= 0.6 is 0 Å². The van der Waals surface area contributed by atoms with Crippen molar-refractivity contribution in [2.45, 2.75) is 20.3 Å². The van der Waals surface area contributed by atoms with Crippen LogP contribution in [-0.4, -0.2) is 15.8 Å². The summed E-state index contributed by atoms with van der Waals surface area (Å²) >= 11 is 0. The Morgan fingerprint density at radius 3 is 2.78 bits per heavy atom. The van der Waals surface area contributed by atoms with E-state index < -0.39 is 0 Å². The Kier molecular flexibility index (Phi) is 3.37. The molecule has 2 aromatic rings. The standard InChI is InChI=1S/C14H15N3O/c1-9-6-10(2)13(17-8-9)12(18)7-11-4-3-5-16-14(11)15/h3-6,8H,7H2,1-2H3,(H2,15,16). The van der Waals surface area contributed by atoms with Crippen molar-refractivity contribution in [3.63, 3.8) is 0 Å². The van der Waals surface area contributed by atoms with Gasteiger partial charge in [-0.25, -0.2) is 4.98 Å². The van der Waals surface area contributed by atoms with Gasteiger partial charge in [-0.15, -0.1) is 0 Å². The quantitative estimate of drug-likeness (QED) is 0.835. The first-order chi connectivity index (χ1) is 8.58. The minimum absolute atomic E-state index is 0.0350. The van der Waals surface area contributed by atoms with E-state index in [1.54, 1.807) is 18.5 Å². The summed E-state index contributed by atoms with van der Waals surface area (Å²) in [6, 6.07) is 5.53. The Labute approximate surface area is 106 Å². The number of aryl methyl sites for hydroxylation is 2. The highest BCUT2D eigenvalue weighted by Crippen LogP contribution is 2.13. The van der Waals surface area contributed by atoms with E-state index in [1.165, 1.54) is 0 Å². The highest BCUT2D eigenvalue weighted by molar-refractivity contribution is 5.97. The number of hydrogen-bond donors (Lipinski definition) is 1. The Balaban J connectivity index is 2.25. The highest BCUT2D eigenvalue weighted by atomic mass is 16.1. The molecule has 0 fully saturated rings. The van der Waals surface area contributed by atoms with Gasteiger partial charge in [0.2, 0.25) is 0 Å². The lowest BCUT2D eigenvalue weighted by molar-refractivity contribution is 0.0987. The molecule has 0 aliphatic heterocycles. The summed E-state index contributed by atoms with van der Waals surface area (Å²) in [7, 11) is 0. The maximum Gasteiger partial charge on any atom is 0.185 e. The van der Waals surface area contributed by atoms with Crippen LogP contribution in [0, 0.1) is 13.8 Å². The molecule has 2 rings (SSSR count). The normalized spacial score (nSPS) is 10.3. The number of ketones is 1. The first kappa shape index (κ1) is 12.2. The van der Waals surface area contributed by atoms with E-state index in [2.05, 4.69) is 9.97 Å². The lowest BCUT2D eigenvalue weighted by Gasteiger charge is -2.06. The van der Waals surface area contributed by atoms with E-state index >= 15 is 0 Å². The van der Waals surface area contributed by atoms with E-state index in [4.69, 9.17) is 5.73 Å². The second-order valence-electron chi connectivity index (χ2n) is 4.33. The van der Waals surface area contributed by atoms with Gasteiger partial charge in [-0.2, -0.15) is 0 Å². The minimum Gasteiger partial charge on any atom is -0.383 e. The Hall–Kier alpha value is -2.23. The molecule has 18 heavy (non-hydrogen) atoms. The molecule has 92 valence electrons. The summed E-state index contributed by atoms with van der Waals surface area (Å²) in [5.74, 6) is 0.364. The Bertz CT molecular complexity index is 593. The second-order valence-corrected chi connectivity index (χ2v) is 4.33. The van der Waals surface area contributed by atoms with Gasteiger partial charge in [0.1, 0.15) is 11.5 Å². The number of nitrogen functional groups attached to an aromatic ring is 1. The maximum absolute atomic E-state index is 12.2. The van der Waals surface area contributed by atoms with Crippen LogP contribution in [0.1, 0.15) is 27.2 Å². The van der Waals surface area contributed by atoms with Crippen LogP contribution in [0.5, 0.6) is 0 Å². The molecule has 4 heteroatoms. The molecule has 0 spiro atoms. The fourth-order valence-electron chi connectivity index (χ4n) is 1.86. The van der Waals surface area contributed by atoms with E-state index in [-0.39, 0.29) is 12.2 Å². The molecule has 2 N–H and O–H groups in total. The van der Waals surface area contributed by atoms with Gasteiger partial charge >= 0.3 is 0 Å². The van der Waals surface area contributed by atoms with Gasteiger partial charge in [0, 0.05) is 24.4 Å². The first-order valence-corrected chi connectivity index (χ1v) is 5.73. The van der Waals surface area contributed by atoms with Gasteiger partial charge in [-0.3, -0.25) is 9.78 Å². The van der Waals surface area contributed by atoms with Gasteiger partial charge in [-0.1, -0.05) is 12.1 Å². The van der Waals surface area contributed by atoms with E-state index in [0.717, 1.165) is 16.7 Å². The number of hydrogen-bond acceptors (Lipinski definition) is 4. The summed E-state index contributed by atoms with van der Waals surface area (Å²) in [5, 5.41) is 0. The van der Waals surface area contributed by atoms with E-state index in [9.17, 15) is 4.79 Å². The van der Waals surface area contributed by atoms with Crippen molar-refractivity contribution >= 4 is 11.6 Å². The van der Waals surface area contributed by atoms with Gasteiger partial charge in [-0.05, 0) is 31.0 Å². The number of aromatic nitrogens is 2. The van der Waals surface area contributed by atoms with Crippen LogP contribution in [0.15, 0.2) is 30.6 Å². The van der Waals surface area contributed by atoms with E-state index in [1.807, 2.05) is 26.0 Å². The molecule has 2 aromatic heterocycles. The molecule has 0 bridgehead atoms. The lowest BCUT2D eigenvalue weighted by atomic mass is 10.0. The molecule has 0 aliphatic carbocycles. The molecular formula is C14H15N3O. The summed E-state index contributed by atoms with van der Waals surface area (Å²) in [6.45, 7) is 3.84. The zero-order valence-corrected chi connectivity index (χ0v) is 10.5. The number of nitrogens with zero attached hydrogens (tertiary/aromatic N) is 2. The highest BCUT2D eigenvalue weighted by Gasteiger charge is 2.13. The van der Waals surface area contributed by atoms with Crippen molar-refractivity contribution in [2.24, 2.45) is 0 Å². The SMILES string of the molecule is Cc1cnc(C(=O)Cc2cccnc2N)c(C)c1. The average molecular weight is 241 g/mol. The monoisotopic (exact) mass is 241 g/mol. The predicted octanol–water partition coefficient (Wildman–Crippen LogP) is 2.10. The molecule has 0 unspecified atom stereocenters. The molecule has 0 aromatic carbocycles. The molecule has 0 amide bonds. The number of carbonyl (C=O) groups excluding carboxylic acids is 1. The van der Waals surface area contributed by atoms with Crippen molar-refractivity contribution < 1.29 is 4.79 Å². The van der Waals surface area contributed by atoms with Crippen LogP contribution < -0.4 is 5.73 Å². The minimum atomic E-state index is -0.0350. The third-order valence-corrected chi connectivity index (χ3v) is 2.76. The lowest BCUT2D eigenvalue weighted by Crippen LogP contribution is -2.10. The second kappa shape index (κ2) is 4.96. The van der Waals surface area contributed by atoms with Crippen LogP contribution in [0.3, 0.4) is 0 Å². The number of rotatable bonds is 3. The molecule has 0 aliphatic rings. The zero-order chi connectivity index (χ0) is 13.1. The van der Waals surface area contributed by atoms with Gasteiger partial charge in [0.15, 0.2) is 5.78 Å². The van der Waals surface area contributed by atoms with Crippen molar-refractivity contribution in [3.05, 3.63) is 53.0 Å². The molecule has 0 radical (unpaired) electrons. The van der Waals surface area contributed by atoms with E-state index in [0.29, 0.717) is 11.5 Å². The van der Waals surface area contributed by atoms with Gasteiger partial charge in [0.25, 0.3) is 0 Å². The van der Waals surface area contributed by atoms with Crippen LogP contribution in [0.25, 0.3) is 0 Å². The number of nitrogens with two attached hydrogens (primary N) is 1.